The molecule has 0 aliphatic heterocycles. The van der Waals surface area contributed by atoms with Gasteiger partial charge in [-0.05, 0) is 35.1 Å². The number of carbonyl (C=O) groups excluding carboxylic acids is 2. The average Bonchev–Trinajstić information content (AvgIpc) is 3.43. The summed E-state index contributed by atoms with van der Waals surface area (Å²) in [5, 5.41) is 14.6. The van der Waals surface area contributed by atoms with Gasteiger partial charge in [0.25, 0.3) is 0 Å². The van der Waals surface area contributed by atoms with E-state index in [0.29, 0.717) is 6.42 Å². The van der Waals surface area contributed by atoms with E-state index in [-0.39, 0.29) is 43.6 Å². The second-order valence-corrected chi connectivity index (χ2v) is 8.48. The summed E-state index contributed by atoms with van der Waals surface area (Å²) in [7, 11) is 1.52. The third-order valence-electron chi connectivity index (χ3n) is 6.30. The fraction of sp³-hybridized carbons (Fsp3) is 0.346. The lowest BCUT2D eigenvalue weighted by molar-refractivity contribution is -0.133. The van der Waals surface area contributed by atoms with Gasteiger partial charge in [0.2, 0.25) is 5.91 Å². The summed E-state index contributed by atoms with van der Waals surface area (Å²) < 4.78 is 10.6. The molecule has 8 nitrogen and oxygen atoms in total. The second kappa shape index (κ2) is 10.5. The summed E-state index contributed by atoms with van der Waals surface area (Å²) in [5.74, 6) is -1.46. The van der Waals surface area contributed by atoms with Crippen LogP contribution in [0.1, 0.15) is 36.3 Å². The quantitative estimate of drug-likeness (QED) is 0.525. The van der Waals surface area contributed by atoms with Crippen LogP contribution in [0.15, 0.2) is 60.2 Å². The van der Waals surface area contributed by atoms with Crippen LogP contribution in [0.25, 0.3) is 11.1 Å². The Morgan fingerprint density at radius 2 is 1.71 bits per heavy atom. The van der Waals surface area contributed by atoms with Crippen molar-refractivity contribution in [2.75, 3.05) is 20.3 Å². The number of carboxylic acids is 1. The Hall–Kier alpha value is -3.65. The van der Waals surface area contributed by atoms with Crippen molar-refractivity contribution in [2.45, 2.75) is 37.3 Å². The van der Waals surface area contributed by atoms with E-state index >= 15 is 0 Å². The number of carboxylic acid groups (broad SMARTS) is 1. The summed E-state index contributed by atoms with van der Waals surface area (Å²) in [5.41, 5.74) is 4.76. The van der Waals surface area contributed by atoms with Gasteiger partial charge in [-0.2, -0.15) is 0 Å². The van der Waals surface area contributed by atoms with Gasteiger partial charge in [0.05, 0.1) is 0 Å². The summed E-state index contributed by atoms with van der Waals surface area (Å²) in [6, 6.07) is 15.0. The zero-order valence-electron chi connectivity index (χ0n) is 19.0. The number of carbonyl (C=O) groups is 3. The van der Waals surface area contributed by atoms with Crippen molar-refractivity contribution in [3.63, 3.8) is 0 Å². The molecule has 2 amide bonds. The zero-order valence-corrected chi connectivity index (χ0v) is 19.0. The fourth-order valence-electron chi connectivity index (χ4n) is 4.59. The molecule has 4 rings (SSSR count). The van der Waals surface area contributed by atoms with Gasteiger partial charge in [0.15, 0.2) is 0 Å². The summed E-state index contributed by atoms with van der Waals surface area (Å²) in [4.78, 5) is 36.6. The lowest BCUT2D eigenvalue weighted by atomic mass is 9.98. The Bertz CT molecular complexity index is 1070. The highest BCUT2D eigenvalue weighted by atomic mass is 16.5. The maximum absolute atomic E-state index is 12.8. The van der Waals surface area contributed by atoms with Crippen LogP contribution in [0, 0.1) is 0 Å². The number of methoxy groups -OCH3 is 1. The Labute approximate surface area is 198 Å². The van der Waals surface area contributed by atoms with Gasteiger partial charge in [-0.1, -0.05) is 54.6 Å². The highest BCUT2D eigenvalue weighted by Gasteiger charge is 2.30. The van der Waals surface area contributed by atoms with Crippen LogP contribution in [-0.2, 0) is 19.1 Å². The predicted molar refractivity (Wildman–Crippen MR) is 125 cm³/mol. The Balaban J connectivity index is 1.36. The first kappa shape index (κ1) is 23.5. The first-order chi connectivity index (χ1) is 16.5. The van der Waals surface area contributed by atoms with Gasteiger partial charge >= 0.3 is 12.1 Å². The van der Waals surface area contributed by atoms with Crippen molar-refractivity contribution in [1.29, 1.82) is 0 Å². The lowest BCUT2D eigenvalue weighted by Gasteiger charge is -2.21. The van der Waals surface area contributed by atoms with Gasteiger partial charge in [0.1, 0.15) is 12.6 Å². The molecular weight excluding hydrogens is 436 g/mol. The first-order valence-electron chi connectivity index (χ1n) is 11.3. The number of fused-ring (bicyclic) bond motifs is 3. The highest BCUT2D eigenvalue weighted by Crippen LogP contribution is 2.44. The smallest absolute Gasteiger partial charge is 0.407 e. The normalized spacial score (nSPS) is 17.3. The van der Waals surface area contributed by atoms with Gasteiger partial charge in [0, 0.05) is 37.7 Å². The van der Waals surface area contributed by atoms with Crippen molar-refractivity contribution in [1.82, 2.24) is 10.6 Å². The van der Waals surface area contributed by atoms with Gasteiger partial charge in [-0.15, -0.1) is 0 Å². The van der Waals surface area contributed by atoms with Crippen LogP contribution in [0.2, 0.25) is 0 Å². The van der Waals surface area contributed by atoms with E-state index in [1.807, 2.05) is 36.4 Å². The molecule has 2 atom stereocenters. The van der Waals surface area contributed by atoms with Crippen LogP contribution in [-0.4, -0.2) is 55.5 Å². The number of rotatable bonds is 9. The summed E-state index contributed by atoms with van der Waals surface area (Å²) >= 11 is 0. The number of hydrogen-bond donors (Lipinski definition) is 3. The molecular formula is C26H28N2O6. The molecule has 0 spiro atoms. The van der Waals surface area contributed by atoms with Crippen LogP contribution < -0.4 is 10.6 Å². The summed E-state index contributed by atoms with van der Waals surface area (Å²) in [6.07, 6.45) is 1.88. The van der Waals surface area contributed by atoms with Gasteiger partial charge < -0.3 is 25.2 Å². The van der Waals surface area contributed by atoms with Crippen molar-refractivity contribution >= 4 is 18.0 Å². The van der Waals surface area contributed by atoms with Gasteiger partial charge in [-0.25, -0.2) is 9.59 Å². The molecule has 8 heteroatoms. The first-order valence-corrected chi connectivity index (χ1v) is 11.3. The number of alkyl carbamates (subject to hydrolysis) is 1. The molecule has 0 fully saturated rings. The SMILES string of the molecule is COCCC(NC(=O)OCC1c2ccccc2-c2ccccc21)C(=O)NC1CC=C(C(=O)O)C1. The number of aliphatic carboxylic acids is 1. The number of amides is 2. The molecule has 0 aromatic heterocycles. The number of ether oxygens (including phenoxy) is 2. The molecule has 2 aromatic rings. The zero-order chi connectivity index (χ0) is 24.1. The molecule has 2 aliphatic carbocycles. The second-order valence-electron chi connectivity index (χ2n) is 8.48. The number of benzene rings is 2. The molecule has 2 aromatic carbocycles. The largest absolute Gasteiger partial charge is 0.478 e. The maximum Gasteiger partial charge on any atom is 0.407 e. The Morgan fingerprint density at radius 1 is 1.06 bits per heavy atom. The minimum Gasteiger partial charge on any atom is -0.478 e. The number of nitrogens with one attached hydrogen (secondary N) is 2. The van der Waals surface area contributed by atoms with E-state index in [2.05, 4.69) is 22.8 Å². The monoisotopic (exact) mass is 464 g/mol. The van der Waals surface area contributed by atoms with Crippen LogP contribution in [0.4, 0.5) is 4.79 Å². The molecule has 2 aliphatic rings. The maximum atomic E-state index is 12.8. The van der Waals surface area contributed by atoms with Crippen molar-refractivity contribution in [3.05, 3.63) is 71.3 Å². The van der Waals surface area contributed by atoms with E-state index in [4.69, 9.17) is 14.6 Å². The van der Waals surface area contributed by atoms with Gasteiger partial charge in [-0.3, -0.25) is 4.79 Å². The minimum absolute atomic E-state index is 0.0802. The van der Waals surface area contributed by atoms with Crippen LogP contribution in [0.5, 0.6) is 0 Å². The van der Waals surface area contributed by atoms with Crippen molar-refractivity contribution < 1.29 is 29.0 Å². The fourth-order valence-corrected chi connectivity index (χ4v) is 4.59. The van der Waals surface area contributed by atoms with E-state index in [1.165, 1.54) is 7.11 Å². The molecule has 34 heavy (non-hydrogen) atoms. The Kier molecular flexibility index (Phi) is 7.27. The van der Waals surface area contributed by atoms with E-state index in [9.17, 15) is 14.4 Å². The van der Waals surface area contributed by atoms with E-state index in [0.717, 1.165) is 22.3 Å². The molecule has 0 heterocycles. The third kappa shape index (κ3) is 5.12. The lowest BCUT2D eigenvalue weighted by Crippen LogP contribution is -2.50. The molecule has 0 saturated carbocycles. The Morgan fingerprint density at radius 3 is 2.29 bits per heavy atom. The van der Waals surface area contributed by atoms with Crippen molar-refractivity contribution in [2.24, 2.45) is 0 Å². The predicted octanol–water partition coefficient (Wildman–Crippen LogP) is 3.22. The third-order valence-corrected chi connectivity index (χ3v) is 6.30. The van der Waals surface area contributed by atoms with Crippen LogP contribution in [0.3, 0.4) is 0 Å². The molecule has 178 valence electrons. The molecule has 0 bridgehead atoms. The molecule has 0 radical (unpaired) electrons. The minimum atomic E-state index is -0.982. The topological polar surface area (TPSA) is 114 Å². The summed E-state index contributed by atoms with van der Waals surface area (Å²) in [6.45, 7) is 0.415. The molecule has 2 unspecified atom stereocenters. The standard InChI is InChI=1S/C26H28N2O6/c1-33-13-12-23(24(29)27-17-11-10-16(14-17)25(30)31)28-26(32)34-15-22-20-8-4-2-6-18(20)19-7-3-5-9-21(19)22/h2-10,17,22-23H,11-15H2,1H3,(H,27,29)(H,28,32)(H,30,31). The molecule has 3 N–H and O–H groups in total. The van der Waals surface area contributed by atoms with Crippen LogP contribution >= 0.6 is 0 Å². The van der Waals surface area contributed by atoms with E-state index < -0.39 is 24.0 Å². The molecule has 0 saturated heterocycles. The highest BCUT2D eigenvalue weighted by molar-refractivity contribution is 5.89. The number of hydrogen-bond acceptors (Lipinski definition) is 5. The van der Waals surface area contributed by atoms with Crippen molar-refractivity contribution in [3.8, 4) is 11.1 Å². The average molecular weight is 465 g/mol. The van der Waals surface area contributed by atoms with E-state index in [1.54, 1.807) is 6.08 Å².